The van der Waals surface area contributed by atoms with Crippen LogP contribution in [-0.4, -0.2) is 125 Å². The normalized spacial score (nSPS) is 20.6. The maximum Gasteiger partial charge on any atom is 0.279 e. The summed E-state index contributed by atoms with van der Waals surface area (Å²) >= 11 is 0. The first-order chi connectivity index (χ1) is 22.3. The molecule has 6 rings (SSSR count). The molecule has 0 bridgehead atoms. The SMILES string of the molecule is COc1nc(Nc2nccc(-c3ccc(O[C@H]4CCN(C(=O)C(O)O)C[C@H]4F)c(C#N)c3)n2)ccc1N1CCN(C2COC2)CC1. The van der Waals surface area contributed by atoms with Crippen LogP contribution >= 0.6 is 0 Å². The predicted octanol–water partition coefficient (Wildman–Crippen LogP) is 1.31. The van der Waals surface area contributed by atoms with Gasteiger partial charge in [0.25, 0.3) is 5.91 Å². The van der Waals surface area contributed by atoms with Gasteiger partial charge in [-0.1, -0.05) is 0 Å². The summed E-state index contributed by atoms with van der Waals surface area (Å²) in [4.78, 5) is 31.1. The number of nitrogens with zero attached hydrogens (tertiary/aromatic N) is 7. The van der Waals surface area contributed by atoms with E-state index < -0.39 is 24.5 Å². The average Bonchev–Trinajstić information content (AvgIpc) is 3.05. The van der Waals surface area contributed by atoms with E-state index in [0.717, 1.165) is 50.0 Å². The minimum Gasteiger partial charge on any atom is -0.486 e. The molecule has 3 N–H and O–H groups in total. The Kier molecular flexibility index (Phi) is 9.41. The Morgan fingerprint density at radius 2 is 1.93 bits per heavy atom. The first kappa shape index (κ1) is 31.4. The van der Waals surface area contributed by atoms with E-state index in [1.807, 2.05) is 12.1 Å². The molecule has 0 unspecified atom stereocenters. The molecule has 3 saturated heterocycles. The zero-order chi connectivity index (χ0) is 32.2. The number of hydrogen-bond donors (Lipinski definition) is 3. The Morgan fingerprint density at radius 1 is 1.13 bits per heavy atom. The van der Waals surface area contributed by atoms with Gasteiger partial charge in [0.05, 0.1) is 44.2 Å². The van der Waals surface area contributed by atoms with Gasteiger partial charge >= 0.3 is 0 Å². The van der Waals surface area contributed by atoms with Crippen molar-refractivity contribution >= 4 is 23.4 Å². The first-order valence-electron chi connectivity index (χ1n) is 15.0. The number of carbonyl (C=O) groups is 1. The van der Waals surface area contributed by atoms with Crippen LogP contribution < -0.4 is 19.7 Å². The van der Waals surface area contributed by atoms with Crippen molar-refractivity contribution in [3.63, 3.8) is 0 Å². The number of nitriles is 1. The number of nitrogens with one attached hydrogen (secondary N) is 1. The number of alkyl halides is 1. The summed E-state index contributed by atoms with van der Waals surface area (Å²) in [5.41, 5.74) is 2.26. The third-order valence-electron chi connectivity index (χ3n) is 8.41. The van der Waals surface area contributed by atoms with Crippen LogP contribution in [0.2, 0.25) is 0 Å². The Balaban J connectivity index is 1.11. The molecule has 2 atom stereocenters. The van der Waals surface area contributed by atoms with E-state index in [2.05, 4.69) is 36.1 Å². The molecule has 46 heavy (non-hydrogen) atoms. The van der Waals surface area contributed by atoms with Crippen LogP contribution in [0.3, 0.4) is 0 Å². The standard InChI is InChI=1S/C31H35FN8O6/c1-44-28-24(39-12-10-38(11-13-39)21-17-45-18-21)3-5-27(36-28)37-31-34-8-6-23(35-31)19-2-4-25(20(14-19)15-33)46-26-7-9-40(16-22(26)32)29(41)30(42)43/h2-6,8,14,21-22,26,30,42-43H,7,9-13,16-18H2,1H3,(H,34,35,36,37)/t22-,26+/m1/s1. The molecular weight excluding hydrogens is 599 g/mol. The number of piperidine rings is 1. The maximum atomic E-state index is 14.8. The molecule has 3 aromatic rings. The lowest BCUT2D eigenvalue weighted by Gasteiger charge is -2.43. The molecule has 2 aromatic heterocycles. The minimum absolute atomic E-state index is 0.0925. The van der Waals surface area contributed by atoms with E-state index in [1.165, 1.54) is 0 Å². The van der Waals surface area contributed by atoms with Crippen molar-refractivity contribution in [2.75, 3.05) is 69.8 Å². The fourth-order valence-corrected chi connectivity index (χ4v) is 5.77. The lowest BCUT2D eigenvalue weighted by atomic mass is 10.0. The fourth-order valence-electron chi connectivity index (χ4n) is 5.77. The smallest absolute Gasteiger partial charge is 0.279 e. The Hall–Kier alpha value is -4.62. The van der Waals surface area contributed by atoms with Gasteiger partial charge in [0.1, 0.15) is 29.4 Å². The predicted molar refractivity (Wildman–Crippen MR) is 163 cm³/mol. The average molecular weight is 635 g/mol. The van der Waals surface area contributed by atoms with Gasteiger partial charge in [-0.25, -0.2) is 14.4 Å². The molecule has 0 saturated carbocycles. The number of rotatable bonds is 9. The molecular formula is C31H35FN8O6. The van der Waals surface area contributed by atoms with Gasteiger partial charge in [-0.3, -0.25) is 9.69 Å². The number of likely N-dealkylation sites (tertiary alicyclic amines) is 1. The molecule has 14 nitrogen and oxygen atoms in total. The number of anilines is 3. The van der Waals surface area contributed by atoms with Crippen LogP contribution in [0, 0.1) is 11.3 Å². The lowest BCUT2D eigenvalue weighted by molar-refractivity contribution is -0.162. The van der Waals surface area contributed by atoms with E-state index in [0.29, 0.717) is 34.9 Å². The molecule has 3 aliphatic rings. The summed E-state index contributed by atoms with van der Waals surface area (Å²) in [5.74, 6) is 0.534. The van der Waals surface area contributed by atoms with Gasteiger partial charge in [-0.2, -0.15) is 10.2 Å². The van der Waals surface area contributed by atoms with Crippen molar-refractivity contribution < 1.29 is 33.6 Å². The van der Waals surface area contributed by atoms with Crippen molar-refractivity contribution in [2.24, 2.45) is 0 Å². The number of carbonyl (C=O) groups excluding carboxylic acids is 1. The molecule has 0 radical (unpaired) electrons. The molecule has 0 aliphatic carbocycles. The highest BCUT2D eigenvalue weighted by molar-refractivity contribution is 5.79. The van der Waals surface area contributed by atoms with Crippen molar-refractivity contribution in [3.8, 4) is 29.0 Å². The number of halogens is 1. The lowest BCUT2D eigenvalue weighted by Crippen LogP contribution is -2.56. The molecule has 1 aromatic carbocycles. The number of benzene rings is 1. The Bertz CT molecular complexity index is 1590. The summed E-state index contributed by atoms with van der Waals surface area (Å²) in [7, 11) is 1.59. The van der Waals surface area contributed by atoms with Crippen molar-refractivity contribution in [1.82, 2.24) is 24.8 Å². The molecule has 15 heteroatoms. The number of piperazine rings is 1. The maximum absolute atomic E-state index is 14.8. The second kappa shape index (κ2) is 13.8. The van der Waals surface area contributed by atoms with Gasteiger partial charge in [-0.05, 0) is 36.4 Å². The van der Waals surface area contributed by atoms with Crippen LogP contribution in [0.25, 0.3) is 11.3 Å². The number of aliphatic hydroxyl groups is 2. The van der Waals surface area contributed by atoms with Crippen LogP contribution in [0.15, 0.2) is 42.6 Å². The van der Waals surface area contributed by atoms with E-state index in [4.69, 9.17) is 24.4 Å². The number of aromatic nitrogens is 3. The molecule has 5 heterocycles. The number of aliphatic hydroxyl groups excluding tert-OH is 1. The monoisotopic (exact) mass is 634 g/mol. The largest absolute Gasteiger partial charge is 0.486 e. The number of amides is 1. The molecule has 242 valence electrons. The quantitative estimate of drug-likeness (QED) is 0.288. The summed E-state index contributed by atoms with van der Waals surface area (Å²) < 4.78 is 31.6. The van der Waals surface area contributed by atoms with E-state index in [1.54, 1.807) is 37.6 Å². The van der Waals surface area contributed by atoms with Gasteiger partial charge < -0.3 is 39.5 Å². The zero-order valence-corrected chi connectivity index (χ0v) is 25.3. The van der Waals surface area contributed by atoms with E-state index in [-0.39, 0.29) is 30.8 Å². The van der Waals surface area contributed by atoms with E-state index in [9.17, 15) is 14.4 Å². The van der Waals surface area contributed by atoms with Crippen LogP contribution in [0.5, 0.6) is 11.6 Å². The second-order valence-electron chi connectivity index (χ2n) is 11.3. The second-order valence-corrected chi connectivity index (χ2v) is 11.3. The van der Waals surface area contributed by atoms with Crippen molar-refractivity contribution in [2.45, 2.75) is 31.0 Å². The van der Waals surface area contributed by atoms with Crippen molar-refractivity contribution in [1.29, 1.82) is 5.26 Å². The van der Waals surface area contributed by atoms with Crippen LogP contribution in [0.1, 0.15) is 12.0 Å². The number of hydrogen-bond acceptors (Lipinski definition) is 13. The fraction of sp³-hybridized carbons (Fsp3) is 0.452. The van der Waals surface area contributed by atoms with Crippen molar-refractivity contribution in [3.05, 3.63) is 48.2 Å². The topological polar surface area (TPSA) is 169 Å². The zero-order valence-electron chi connectivity index (χ0n) is 25.3. The van der Waals surface area contributed by atoms with E-state index >= 15 is 0 Å². The number of ether oxygens (including phenoxy) is 3. The highest BCUT2D eigenvalue weighted by Crippen LogP contribution is 2.32. The Labute approximate surface area is 265 Å². The van der Waals surface area contributed by atoms with Crippen LogP contribution in [0.4, 0.5) is 21.8 Å². The molecule has 3 aliphatic heterocycles. The third kappa shape index (κ3) is 6.80. The van der Waals surface area contributed by atoms with Gasteiger partial charge in [0, 0.05) is 50.9 Å². The third-order valence-corrected chi connectivity index (χ3v) is 8.41. The highest BCUT2D eigenvalue weighted by Gasteiger charge is 2.35. The summed E-state index contributed by atoms with van der Waals surface area (Å²) in [5, 5.41) is 31.1. The van der Waals surface area contributed by atoms with Crippen LogP contribution in [-0.2, 0) is 9.53 Å². The van der Waals surface area contributed by atoms with Gasteiger partial charge in [0.2, 0.25) is 18.1 Å². The first-order valence-corrected chi connectivity index (χ1v) is 15.0. The van der Waals surface area contributed by atoms with Gasteiger partial charge in [-0.15, -0.1) is 0 Å². The molecule has 3 fully saturated rings. The minimum atomic E-state index is -2.19. The highest BCUT2D eigenvalue weighted by atomic mass is 19.1. The summed E-state index contributed by atoms with van der Waals surface area (Å²) in [6.07, 6.45) is -2.96. The summed E-state index contributed by atoms with van der Waals surface area (Å²) in [6.45, 7) is 5.00. The molecule has 0 spiro atoms. The number of methoxy groups -OCH3 is 1. The van der Waals surface area contributed by atoms with Gasteiger partial charge in [0.15, 0.2) is 6.17 Å². The summed E-state index contributed by atoms with van der Waals surface area (Å²) in [6, 6.07) is 13.0. The molecule has 1 amide bonds. The number of pyridine rings is 1. The Morgan fingerprint density at radius 3 is 2.61 bits per heavy atom.